The fraction of sp³-hybridized carbons (Fsp3) is 1.00. The van der Waals surface area contributed by atoms with Crippen LogP contribution in [0.15, 0.2) is 0 Å². The van der Waals surface area contributed by atoms with Crippen LogP contribution in [-0.4, -0.2) is 83.1 Å². The molecule has 0 atom stereocenters. The molecule has 0 bridgehead atoms. The molecule has 0 aliphatic rings. The Labute approximate surface area is 330 Å². The molecule has 0 spiro atoms. The highest BCUT2D eigenvalue weighted by Crippen LogP contribution is 2.52. The van der Waals surface area contributed by atoms with Gasteiger partial charge in [0, 0.05) is 6.66 Å². The predicted octanol–water partition coefficient (Wildman–Crippen LogP) is 12.6. The van der Waals surface area contributed by atoms with Crippen molar-refractivity contribution in [2.75, 3.05) is 23.0 Å². The molecule has 0 aliphatic heterocycles. The summed E-state index contributed by atoms with van der Waals surface area (Å²) in [5.74, 6) is 0. The zero-order chi connectivity index (χ0) is 41.1. The van der Waals surface area contributed by atoms with Crippen molar-refractivity contribution in [3.8, 4) is 0 Å². The molecule has 1 N–H and O–H groups in total. The second kappa shape index (κ2) is 34.2. The van der Waals surface area contributed by atoms with Crippen LogP contribution < -0.4 is 0 Å². The Morgan fingerprint density at radius 2 is 0.700 bits per heavy atom. The maximum absolute atomic E-state index is 11.7. The highest BCUT2D eigenvalue weighted by Gasteiger charge is 2.27. The number of hydrogen-bond acceptors (Lipinski definition) is 13. The topological polar surface area (TPSA) is 155 Å². The number of rotatable bonds is 20. The molecule has 0 heterocycles. The van der Waals surface area contributed by atoms with Gasteiger partial charge in [0.25, 0.3) is 0 Å². The summed E-state index contributed by atoms with van der Waals surface area (Å²) < 4.78 is 81.6. The summed E-state index contributed by atoms with van der Waals surface area (Å²) in [5.41, 5.74) is 0. The molecule has 310 valence electrons. The molecule has 0 aromatic carbocycles. The van der Waals surface area contributed by atoms with E-state index >= 15 is 0 Å². The van der Waals surface area contributed by atoms with Gasteiger partial charge in [-0.15, -0.1) is 0 Å². The molecule has 0 aromatic rings. The molecular formula is C31H74BrIO13P4. The average Bonchev–Trinajstić information content (AvgIpc) is 2.86. The third-order valence-electron chi connectivity index (χ3n) is 3.50. The van der Waals surface area contributed by atoms with Crippen LogP contribution in [-0.2, 0) is 54.4 Å². The van der Waals surface area contributed by atoms with Gasteiger partial charge >= 0.3 is 31.4 Å². The van der Waals surface area contributed by atoms with Crippen LogP contribution in [0.5, 0.6) is 0 Å². The molecular weight excluding hydrogens is 911 g/mol. The number of hydrogen-bond donors (Lipinski definition) is 1. The van der Waals surface area contributed by atoms with Gasteiger partial charge in [-0.1, -0.05) is 38.5 Å². The van der Waals surface area contributed by atoms with Crippen LogP contribution in [0, 0.1) is 0 Å². The minimum atomic E-state index is -3.26. The Kier molecular flexibility index (Phi) is 41.8. The fourth-order valence-electron chi connectivity index (χ4n) is 2.84. The summed E-state index contributed by atoms with van der Waals surface area (Å²) in [6.45, 7) is 35.0. The Balaban J connectivity index is -0.000000177. The van der Waals surface area contributed by atoms with Crippen molar-refractivity contribution in [2.24, 2.45) is 0 Å². The second-order valence-corrected chi connectivity index (χ2v) is 21.2. The molecule has 0 unspecified atom stereocenters. The van der Waals surface area contributed by atoms with Gasteiger partial charge in [0.05, 0.1) is 54.9 Å². The first-order valence-electron chi connectivity index (χ1n) is 16.7. The monoisotopic (exact) mass is 984 g/mol. The first kappa shape index (κ1) is 61.2. The Hall–Kier alpha value is 1.93. The predicted molar refractivity (Wildman–Crippen MR) is 222 cm³/mol. The normalized spacial score (nSPS) is 12.4. The minimum absolute atomic E-state index is 0.0513. The summed E-state index contributed by atoms with van der Waals surface area (Å²) in [5, 5.41) is 9.02. The molecule has 0 rings (SSSR count). The molecule has 19 heteroatoms. The number of aliphatic hydroxyl groups excluding tert-OH is 1. The van der Waals surface area contributed by atoms with E-state index in [0.29, 0.717) is 0 Å². The van der Waals surface area contributed by atoms with E-state index in [0.717, 1.165) is 0 Å². The second-order valence-electron chi connectivity index (χ2n) is 12.9. The largest absolute Gasteiger partial charge is 0.384 e. The molecule has 50 heavy (non-hydrogen) atoms. The summed E-state index contributed by atoms with van der Waals surface area (Å²) in [4.78, 5) is 1.97. The van der Waals surface area contributed by atoms with E-state index in [1.165, 1.54) is 6.66 Å². The van der Waals surface area contributed by atoms with Crippen LogP contribution in [0.2, 0.25) is 0 Å². The van der Waals surface area contributed by atoms with Crippen molar-refractivity contribution in [3.05, 3.63) is 0 Å². The van der Waals surface area contributed by atoms with Gasteiger partial charge in [0.15, 0.2) is 0 Å². The zero-order valence-corrected chi connectivity index (χ0v) is 41.8. The van der Waals surface area contributed by atoms with Crippen molar-refractivity contribution >= 4 is 69.9 Å². The SMILES string of the molecule is CC(C)OP(=O)(CBr)OC(C)C.CC(C)OP(=O)(CO)OC(C)C.CC(C)OP(C)(=O)OC(C)C.CC(C)OP(OC(C)C)OC(C)C.CI. The van der Waals surface area contributed by atoms with E-state index in [-0.39, 0.29) is 60.0 Å². The molecule has 0 saturated carbocycles. The van der Waals surface area contributed by atoms with Gasteiger partial charge in [-0.25, -0.2) is 0 Å². The maximum atomic E-state index is 11.7. The van der Waals surface area contributed by atoms with E-state index in [9.17, 15) is 13.7 Å². The smallest absolute Gasteiger partial charge is 0.356 e. The Morgan fingerprint density at radius 3 is 0.860 bits per heavy atom. The average molecular weight is 986 g/mol. The summed E-state index contributed by atoms with van der Waals surface area (Å²) in [6, 6.07) is 0. The highest BCUT2D eigenvalue weighted by atomic mass is 127. The van der Waals surface area contributed by atoms with Crippen molar-refractivity contribution in [2.45, 2.75) is 180 Å². The van der Waals surface area contributed by atoms with Crippen LogP contribution in [0.3, 0.4) is 0 Å². The van der Waals surface area contributed by atoms with Gasteiger partial charge in [-0.3, -0.25) is 13.7 Å². The van der Waals surface area contributed by atoms with E-state index in [1.807, 2.05) is 102 Å². The van der Waals surface area contributed by atoms with Gasteiger partial charge in [0.1, 0.15) is 11.4 Å². The quantitative estimate of drug-likeness (QED) is 0.0699. The molecule has 0 aromatic heterocycles. The third-order valence-corrected chi connectivity index (χ3v) is 12.3. The number of alkyl halides is 2. The van der Waals surface area contributed by atoms with E-state index < -0.39 is 37.7 Å². The van der Waals surface area contributed by atoms with Crippen LogP contribution >= 0.6 is 69.9 Å². The zero-order valence-electron chi connectivity index (χ0n) is 34.5. The minimum Gasteiger partial charge on any atom is -0.384 e. The fourth-order valence-corrected chi connectivity index (χ4v) is 9.23. The molecule has 13 nitrogen and oxygen atoms in total. The maximum Gasteiger partial charge on any atom is 0.356 e. The van der Waals surface area contributed by atoms with Crippen molar-refractivity contribution < 1.29 is 59.5 Å². The van der Waals surface area contributed by atoms with Gasteiger partial charge in [-0.2, -0.15) is 0 Å². The molecule has 0 saturated heterocycles. The summed E-state index contributed by atoms with van der Waals surface area (Å²) >= 11 is 5.27. The van der Waals surface area contributed by atoms with E-state index in [4.69, 9.17) is 45.8 Å². The van der Waals surface area contributed by atoms with Gasteiger partial charge < -0.3 is 45.8 Å². The van der Waals surface area contributed by atoms with Crippen molar-refractivity contribution in [3.63, 3.8) is 0 Å². The van der Waals surface area contributed by atoms with Gasteiger partial charge in [0.2, 0.25) is 0 Å². The molecule has 0 fully saturated rings. The lowest BCUT2D eigenvalue weighted by Gasteiger charge is -2.22. The number of aliphatic hydroxyl groups is 1. The Bertz CT molecular complexity index is 806. The molecule has 0 amide bonds. The van der Waals surface area contributed by atoms with E-state index in [1.54, 1.807) is 27.7 Å². The number of halogens is 2. The summed E-state index contributed by atoms with van der Waals surface area (Å²) in [7, 11) is -10.1. The Morgan fingerprint density at radius 1 is 0.480 bits per heavy atom. The first-order chi connectivity index (χ1) is 22.5. The standard InChI is InChI=1S/C9H21O3P.C7H16BrO3P.C7H17O4P.C7H17O3P.CH3I/c1-7(2)10-13(11-8(3)4)12-9(5)6;2*1-6(2)10-12(9,5-8)11-7(3)4;1-6(2)9-11(5,8)10-7(3)4;1-2/h7-9H,1-6H3;6-7H,5H2,1-4H3;6-8H,5H2,1-4H3;6-7H,1-5H3;1H3. The highest BCUT2D eigenvalue weighted by molar-refractivity contribution is 14.1. The molecule has 0 aliphatic carbocycles. The lowest BCUT2D eigenvalue weighted by atomic mass is 10.5. The molecule has 0 radical (unpaired) electrons. The lowest BCUT2D eigenvalue weighted by Crippen LogP contribution is -2.09. The van der Waals surface area contributed by atoms with Crippen molar-refractivity contribution in [1.82, 2.24) is 0 Å². The summed E-state index contributed by atoms with van der Waals surface area (Å²) in [6.07, 6.45) is -0.809. The lowest BCUT2D eigenvalue weighted by molar-refractivity contribution is 0.0944. The van der Waals surface area contributed by atoms with Crippen LogP contribution in [0.25, 0.3) is 0 Å². The van der Waals surface area contributed by atoms with Crippen LogP contribution in [0.4, 0.5) is 0 Å². The third kappa shape index (κ3) is 48.0. The van der Waals surface area contributed by atoms with Crippen LogP contribution in [0.1, 0.15) is 125 Å². The van der Waals surface area contributed by atoms with Crippen molar-refractivity contribution in [1.29, 1.82) is 0 Å². The van der Waals surface area contributed by atoms with E-state index in [2.05, 4.69) is 38.5 Å². The van der Waals surface area contributed by atoms with Gasteiger partial charge in [-0.05, 0) is 130 Å². The first-order valence-corrected chi connectivity index (χ1v) is 26.6.